The van der Waals surface area contributed by atoms with Gasteiger partial charge in [0.2, 0.25) is 0 Å². The van der Waals surface area contributed by atoms with Crippen molar-refractivity contribution >= 4 is 40.0 Å². The molecule has 0 spiro atoms. The molecule has 1 aromatic heterocycles. The number of benzene rings is 3. The fraction of sp³-hybridized carbons (Fsp3) is 0.310. The van der Waals surface area contributed by atoms with Gasteiger partial charge in [-0.05, 0) is 57.9 Å². The van der Waals surface area contributed by atoms with Crippen molar-refractivity contribution in [3.8, 4) is 11.4 Å². The number of aromatic nitrogens is 2. The van der Waals surface area contributed by atoms with Gasteiger partial charge in [0.05, 0.1) is 26.6 Å². The van der Waals surface area contributed by atoms with Gasteiger partial charge in [-0.2, -0.15) is 0 Å². The van der Waals surface area contributed by atoms with Crippen LogP contribution in [-0.2, 0) is 17.3 Å². The van der Waals surface area contributed by atoms with Crippen LogP contribution >= 0.6 is 23.2 Å². The molecule has 1 N–H and O–H groups in total. The largest absolute Gasteiger partial charge is 0.338 e. The number of carbonyl (C=O) groups excluding carboxylic acids is 1. The van der Waals surface area contributed by atoms with Crippen LogP contribution in [0, 0.1) is 0 Å². The highest BCUT2D eigenvalue weighted by atomic mass is 35.5. The molecule has 0 amide bonds. The molecule has 0 aliphatic carbocycles. The van der Waals surface area contributed by atoms with Gasteiger partial charge in [-0.1, -0.05) is 89.0 Å². The maximum Gasteiger partial charge on any atom is 0.167 e. The molecule has 3 aromatic carbocycles. The molecule has 0 radical (unpaired) electrons. The van der Waals surface area contributed by atoms with E-state index in [1.807, 2.05) is 18.2 Å². The lowest BCUT2D eigenvalue weighted by Crippen LogP contribution is -2.17. The summed E-state index contributed by atoms with van der Waals surface area (Å²) in [5, 5.41) is 1.05. The molecule has 0 unspecified atom stereocenters. The van der Waals surface area contributed by atoms with Gasteiger partial charge >= 0.3 is 0 Å². The van der Waals surface area contributed by atoms with E-state index in [1.165, 1.54) is 11.1 Å². The zero-order valence-electron chi connectivity index (χ0n) is 20.5. The maximum absolute atomic E-state index is 13.3. The molecule has 4 aromatic rings. The molecule has 0 bridgehead atoms. The van der Waals surface area contributed by atoms with Gasteiger partial charge in [0.25, 0.3) is 0 Å². The Morgan fingerprint density at radius 1 is 0.853 bits per heavy atom. The molecular weight excluding hydrogens is 463 g/mol. The molecule has 4 rings (SSSR count). The fourth-order valence-electron chi connectivity index (χ4n) is 3.97. The lowest BCUT2D eigenvalue weighted by molar-refractivity contribution is 0.0993. The number of nitrogens with zero attached hydrogens (tertiary/aromatic N) is 1. The summed E-state index contributed by atoms with van der Waals surface area (Å²) >= 11 is 12.7. The molecule has 0 aliphatic rings. The maximum atomic E-state index is 13.3. The molecule has 0 fully saturated rings. The molecule has 5 heteroatoms. The third kappa shape index (κ3) is 5.06. The van der Waals surface area contributed by atoms with Gasteiger partial charge in [-0.3, -0.25) is 4.79 Å². The van der Waals surface area contributed by atoms with E-state index < -0.39 is 0 Å². The smallest absolute Gasteiger partial charge is 0.167 e. The van der Waals surface area contributed by atoms with Gasteiger partial charge in [-0.25, -0.2) is 4.98 Å². The van der Waals surface area contributed by atoms with Crippen molar-refractivity contribution in [2.24, 2.45) is 0 Å². The summed E-state index contributed by atoms with van der Waals surface area (Å²) in [4.78, 5) is 21.2. The number of hydrogen-bond acceptors (Lipinski definition) is 2. The summed E-state index contributed by atoms with van der Waals surface area (Å²) in [6, 6.07) is 17.5. The molecule has 0 saturated heterocycles. The number of ketones is 1. The zero-order chi connectivity index (χ0) is 24.8. The van der Waals surface area contributed by atoms with E-state index in [9.17, 15) is 4.79 Å². The summed E-state index contributed by atoms with van der Waals surface area (Å²) in [5.41, 5.74) is 6.36. The van der Waals surface area contributed by atoms with Crippen molar-refractivity contribution in [1.82, 2.24) is 9.97 Å². The second-order valence-corrected chi connectivity index (χ2v) is 11.7. The van der Waals surface area contributed by atoms with Crippen molar-refractivity contribution in [3.05, 3.63) is 86.9 Å². The lowest BCUT2D eigenvalue weighted by Gasteiger charge is -2.26. The molecule has 34 heavy (non-hydrogen) atoms. The molecule has 0 atom stereocenters. The number of halogens is 2. The van der Waals surface area contributed by atoms with Crippen LogP contribution < -0.4 is 0 Å². The lowest BCUT2D eigenvalue weighted by atomic mass is 9.79. The summed E-state index contributed by atoms with van der Waals surface area (Å²) in [7, 11) is 0. The topological polar surface area (TPSA) is 45.8 Å². The molecule has 1 heterocycles. The van der Waals surface area contributed by atoms with Crippen LogP contribution in [0.15, 0.2) is 54.6 Å². The number of hydrogen-bond donors (Lipinski definition) is 1. The third-order valence-corrected chi connectivity index (χ3v) is 6.72. The van der Waals surface area contributed by atoms with Crippen LogP contribution in [0.5, 0.6) is 0 Å². The van der Waals surface area contributed by atoms with E-state index >= 15 is 0 Å². The molecule has 0 saturated carbocycles. The van der Waals surface area contributed by atoms with E-state index in [0.29, 0.717) is 33.4 Å². The minimum atomic E-state index is 0.00424. The average Bonchev–Trinajstić information content (AvgIpc) is 3.14. The Morgan fingerprint density at radius 2 is 1.44 bits per heavy atom. The Labute approximate surface area is 211 Å². The number of H-pyrrole nitrogens is 1. The first-order valence-corrected chi connectivity index (χ1v) is 12.2. The van der Waals surface area contributed by atoms with E-state index in [-0.39, 0.29) is 16.6 Å². The normalized spacial score (nSPS) is 12.4. The number of imidazole rings is 1. The number of aromatic amines is 1. The number of Topliss-reactive ketones (excluding diaryl/α,β-unsaturated/α-hetero) is 1. The van der Waals surface area contributed by atoms with Gasteiger partial charge in [0.1, 0.15) is 5.82 Å². The molecular formula is C29H30Cl2N2O. The SMILES string of the molecule is CC(C)(C)c1cc(CC(=O)c2ccc3nc(-c4c(Cl)cccc4Cl)[nH]c3c2)cc(C(C)(C)C)c1. The minimum Gasteiger partial charge on any atom is -0.338 e. The van der Waals surface area contributed by atoms with Crippen LogP contribution in [-0.4, -0.2) is 15.8 Å². The van der Waals surface area contributed by atoms with Crippen LogP contribution in [0.4, 0.5) is 0 Å². The average molecular weight is 493 g/mol. The van der Waals surface area contributed by atoms with Crippen LogP contribution in [0.2, 0.25) is 10.0 Å². The quantitative estimate of drug-likeness (QED) is 0.290. The summed E-state index contributed by atoms with van der Waals surface area (Å²) in [6.07, 6.45) is 0.343. The number of nitrogens with one attached hydrogen (secondary N) is 1. The van der Waals surface area contributed by atoms with Crippen molar-refractivity contribution in [2.45, 2.75) is 58.8 Å². The van der Waals surface area contributed by atoms with Crippen molar-refractivity contribution in [2.75, 3.05) is 0 Å². The van der Waals surface area contributed by atoms with E-state index in [1.54, 1.807) is 18.2 Å². The first-order valence-electron chi connectivity index (χ1n) is 11.5. The fourth-order valence-corrected chi connectivity index (χ4v) is 4.55. The predicted octanol–water partition coefficient (Wildman–Crippen LogP) is 8.56. The van der Waals surface area contributed by atoms with E-state index in [0.717, 1.165) is 16.6 Å². The van der Waals surface area contributed by atoms with Crippen LogP contribution in [0.25, 0.3) is 22.4 Å². The first kappa shape index (κ1) is 24.5. The standard InChI is InChI=1S/C29H30Cl2N2O/c1-28(2,3)19-12-17(13-20(16-19)29(4,5)6)14-25(34)18-10-11-23-24(15-18)33-27(32-23)26-21(30)8-7-9-22(26)31/h7-13,15-16H,14H2,1-6H3,(H,32,33). The predicted molar refractivity (Wildman–Crippen MR) is 143 cm³/mol. The Balaban J connectivity index is 1.67. The molecule has 3 nitrogen and oxygen atoms in total. The minimum absolute atomic E-state index is 0.00424. The summed E-state index contributed by atoms with van der Waals surface area (Å²) in [5.74, 6) is 0.655. The second-order valence-electron chi connectivity index (χ2n) is 10.9. The highest BCUT2D eigenvalue weighted by molar-refractivity contribution is 6.39. The highest BCUT2D eigenvalue weighted by Crippen LogP contribution is 2.34. The molecule has 0 aliphatic heterocycles. The Morgan fingerprint density at radius 3 is 2.00 bits per heavy atom. The van der Waals surface area contributed by atoms with Crippen LogP contribution in [0.1, 0.15) is 68.6 Å². The number of rotatable bonds is 4. The zero-order valence-corrected chi connectivity index (χ0v) is 22.0. The Kier molecular flexibility index (Phi) is 6.39. The van der Waals surface area contributed by atoms with E-state index in [4.69, 9.17) is 23.2 Å². The van der Waals surface area contributed by atoms with Crippen LogP contribution in [0.3, 0.4) is 0 Å². The van der Waals surface area contributed by atoms with Crippen molar-refractivity contribution < 1.29 is 4.79 Å². The van der Waals surface area contributed by atoms with Gasteiger partial charge in [0, 0.05) is 12.0 Å². The Bertz CT molecular complexity index is 1340. The number of fused-ring (bicyclic) bond motifs is 1. The van der Waals surface area contributed by atoms with Gasteiger partial charge in [0.15, 0.2) is 5.78 Å². The third-order valence-electron chi connectivity index (χ3n) is 6.09. The Hall–Kier alpha value is -2.62. The van der Waals surface area contributed by atoms with Crippen molar-refractivity contribution in [1.29, 1.82) is 0 Å². The second kappa shape index (κ2) is 8.87. The van der Waals surface area contributed by atoms with Gasteiger partial charge < -0.3 is 4.98 Å². The highest BCUT2D eigenvalue weighted by Gasteiger charge is 2.22. The summed E-state index contributed by atoms with van der Waals surface area (Å²) in [6.45, 7) is 13.2. The van der Waals surface area contributed by atoms with E-state index in [2.05, 4.69) is 69.7 Å². The van der Waals surface area contributed by atoms with Gasteiger partial charge in [-0.15, -0.1) is 0 Å². The number of carbonyl (C=O) groups is 1. The monoisotopic (exact) mass is 492 g/mol. The first-order chi connectivity index (χ1) is 15.8. The summed E-state index contributed by atoms with van der Waals surface area (Å²) < 4.78 is 0. The molecule has 176 valence electrons. The van der Waals surface area contributed by atoms with Crippen molar-refractivity contribution in [3.63, 3.8) is 0 Å².